The van der Waals surface area contributed by atoms with Crippen LogP contribution >= 0.6 is 0 Å². The summed E-state index contributed by atoms with van der Waals surface area (Å²) in [7, 11) is 0. The van der Waals surface area contributed by atoms with Gasteiger partial charge in [0.2, 0.25) is 0 Å². The third-order valence-electron chi connectivity index (χ3n) is 8.09. The molecular weight excluding hydrogens is 500 g/mol. The fraction of sp³-hybridized carbons (Fsp3) is 0.0541. The molecule has 0 fully saturated rings. The highest BCUT2D eigenvalue weighted by molar-refractivity contribution is 5.98. The van der Waals surface area contributed by atoms with Crippen LogP contribution in [0.2, 0.25) is 0 Å². The van der Waals surface area contributed by atoms with Gasteiger partial charge in [0.1, 0.15) is 0 Å². The molecule has 0 saturated heterocycles. The summed E-state index contributed by atoms with van der Waals surface area (Å²) in [6.07, 6.45) is 14.1. The van der Waals surface area contributed by atoms with Crippen molar-refractivity contribution in [2.45, 2.75) is 12.3 Å². The maximum Gasteiger partial charge on any atom is 0.0737 e. The lowest BCUT2D eigenvalue weighted by molar-refractivity contribution is 0.852. The molecule has 3 N–H and O–H groups in total. The summed E-state index contributed by atoms with van der Waals surface area (Å²) in [4.78, 5) is 16.5. The van der Waals surface area contributed by atoms with E-state index in [1.807, 2.05) is 0 Å². The minimum atomic E-state index is 0.236. The van der Waals surface area contributed by atoms with Gasteiger partial charge in [-0.05, 0) is 66.1 Å². The number of H-pyrrole nitrogens is 3. The molecule has 196 valence electrons. The molecule has 0 amide bonds. The van der Waals surface area contributed by atoms with E-state index in [1.54, 1.807) is 0 Å². The molecule has 1 aliphatic heterocycles. The monoisotopic (exact) mass is 528 g/mol. The summed E-state index contributed by atoms with van der Waals surface area (Å²) in [5, 5.41) is 0. The molecule has 1 atom stereocenters. The standard InChI is InChI=1S/C37H28N4/c1-4-10-24(11-5-1)35-29-18-16-27(38-29)28-17-19-30(39-28)36(25-12-6-2-7-13-25)32-21-23-34(41-32)37(26-14-8-3-9-15-26)33-22-20-31(35)40-33/h1-12,14-23,25,38-40H,13H2. The largest absolute Gasteiger partial charge is 0.354 e. The van der Waals surface area contributed by atoms with Crippen molar-refractivity contribution >= 4 is 45.3 Å². The van der Waals surface area contributed by atoms with E-state index in [1.165, 1.54) is 5.56 Å². The third kappa shape index (κ3) is 4.12. The number of hydrogen-bond donors (Lipinski definition) is 3. The molecule has 2 aliphatic rings. The molecular formula is C37H28N4. The normalized spacial score (nSPS) is 15.2. The Labute approximate surface area is 237 Å². The zero-order valence-electron chi connectivity index (χ0n) is 22.4. The third-order valence-corrected chi connectivity index (χ3v) is 8.09. The second kappa shape index (κ2) is 9.68. The first-order valence-corrected chi connectivity index (χ1v) is 14.1. The number of allylic oxidation sites excluding steroid dienone is 4. The van der Waals surface area contributed by atoms with Gasteiger partial charge in [0, 0.05) is 44.7 Å². The van der Waals surface area contributed by atoms with Gasteiger partial charge in [-0.1, -0.05) is 85.0 Å². The van der Waals surface area contributed by atoms with Crippen molar-refractivity contribution in [3.8, 4) is 22.3 Å². The van der Waals surface area contributed by atoms with Gasteiger partial charge in [0.05, 0.1) is 22.4 Å². The van der Waals surface area contributed by atoms with Crippen LogP contribution in [-0.4, -0.2) is 19.9 Å². The molecule has 0 saturated carbocycles. The minimum absolute atomic E-state index is 0.236. The number of fused-ring (bicyclic) bond motifs is 9. The molecule has 8 bridgehead atoms. The summed E-state index contributed by atoms with van der Waals surface area (Å²) >= 11 is 0. The number of hydrogen-bond acceptors (Lipinski definition) is 1. The number of aromatic amines is 3. The van der Waals surface area contributed by atoms with Gasteiger partial charge in [0.25, 0.3) is 0 Å². The lowest BCUT2D eigenvalue weighted by Gasteiger charge is -2.14. The average molecular weight is 529 g/mol. The molecule has 4 nitrogen and oxygen atoms in total. The van der Waals surface area contributed by atoms with Crippen LogP contribution in [0.3, 0.4) is 0 Å². The second-order valence-electron chi connectivity index (χ2n) is 10.6. The second-order valence-corrected chi connectivity index (χ2v) is 10.6. The van der Waals surface area contributed by atoms with Crippen LogP contribution in [0.1, 0.15) is 29.3 Å². The smallest absolute Gasteiger partial charge is 0.0737 e. The van der Waals surface area contributed by atoms with Gasteiger partial charge < -0.3 is 15.0 Å². The number of nitrogens with one attached hydrogen (secondary N) is 3. The van der Waals surface area contributed by atoms with Gasteiger partial charge in [0.15, 0.2) is 0 Å². The Hall–Kier alpha value is -5.35. The summed E-state index contributed by atoms with van der Waals surface area (Å²) in [6.45, 7) is 0. The van der Waals surface area contributed by atoms with Crippen molar-refractivity contribution < 1.29 is 0 Å². The highest BCUT2D eigenvalue weighted by atomic mass is 14.8. The van der Waals surface area contributed by atoms with Gasteiger partial charge >= 0.3 is 0 Å². The highest BCUT2D eigenvalue weighted by Gasteiger charge is 2.19. The zero-order valence-corrected chi connectivity index (χ0v) is 22.4. The van der Waals surface area contributed by atoms with Gasteiger partial charge in [-0.25, -0.2) is 4.98 Å². The molecule has 1 unspecified atom stereocenters. The van der Waals surface area contributed by atoms with Crippen molar-refractivity contribution in [2.24, 2.45) is 0 Å². The molecule has 5 heterocycles. The van der Waals surface area contributed by atoms with E-state index >= 15 is 0 Å². The van der Waals surface area contributed by atoms with E-state index in [-0.39, 0.29) is 5.92 Å². The van der Waals surface area contributed by atoms with Crippen LogP contribution in [0.15, 0.2) is 121 Å². The van der Waals surface area contributed by atoms with E-state index < -0.39 is 0 Å². The molecule has 0 radical (unpaired) electrons. The van der Waals surface area contributed by atoms with E-state index in [4.69, 9.17) is 4.98 Å². The van der Waals surface area contributed by atoms with E-state index in [2.05, 4.69) is 148 Å². The molecule has 6 aromatic rings. The predicted octanol–water partition coefficient (Wildman–Crippen LogP) is 9.63. The fourth-order valence-electron chi connectivity index (χ4n) is 6.17. The molecule has 4 heteroatoms. The van der Waals surface area contributed by atoms with E-state index in [0.717, 1.165) is 73.2 Å². The van der Waals surface area contributed by atoms with Crippen molar-refractivity contribution in [3.63, 3.8) is 0 Å². The quantitative estimate of drug-likeness (QED) is 0.210. The maximum atomic E-state index is 5.31. The zero-order chi connectivity index (χ0) is 27.2. The molecule has 8 rings (SSSR count). The highest BCUT2D eigenvalue weighted by Crippen LogP contribution is 2.36. The lowest BCUT2D eigenvalue weighted by atomic mass is 9.91. The van der Waals surface area contributed by atoms with Crippen molar-refractivity contribution in [1.29, 1.82) is 0 Å². The van der Waals surface area contributed by atoms with Crippen LogP contribution in [0.25, 0.3) is 67.5 Å². The Bertz CT molecular complexity index is 2120. The van der Waals surface area contributed by atoms with Crippen LogP contribution in [-0.2, 0) is 0 Å². The summed E-state index contributed by atoms with van der Waals surface area (Å²) in [6, 6.07) is 34.2. The Kier molecular flexibility index (Phi) is 5.56. The van der Waals surface area contributed by atoms with Crippen LogP contribution in [0.4, 0.5) is 0 Å². The first-order chi connectivity index (χ1) is 20.3. The van der Waals surface area contributed by atoms with Crippen LogP contribution in [0.5, 0.6) is 0 Å². The number of benzene rings is 2. The Morgan fingerprint density at radius 2 is 1.05 bits per heavy atom. The number of nitrogens with zero attached hydrogens (tertiary/aromatic N) is 1. The molecule has 0 spiro atoms. The molecule has 4 aromatic heterocycles. The Morgan fingerprint density at radius 1 is 0.512 bits per heavy atom. The molecule has 2 aromatic carbocycles. The topological polar surface area (TPSA) is 60.3 Å². The summed E-state index contributed by atoms with van der Waals surface area (Å²) in [5.74, 6) is 0.236. The summed E-state index contributed by atoms with van der Waals surface area (Å²) < 4.78 is 0. The van der Waals surface area contributed by atoms with Crippen LogP contribution in [0, 0.1) is 0 Å². The molecule has 41 heavy (non-hydrogen) atoms. The van der Waals surface area contributed by atoms with E-state index in [9.17, 15) is 0 Å². The Balaban J connectivity index is 1.55. The first-order valence-electron chi connectivity index (χ1n) is 14.1. The Morgan fingerprint density at radius 3 is 1.71 bits per heavy atom. The number of aromatic nitrogens is 4. The fourth-order valence-corrected chi connectivity index (χ4v) is 6.17. The van der Waals surface area contributed by atoms with Gasteiger partial charge in [-0.15, -0.1) is 0 Å². The van der Waals surface area contributed by atoms with Crippen molar-refractivity contribution in [2.75, 3.05) is 0 Å². The minimum Gasteiger partial charge on any atom is -0.354 e. The summed E-state index contributed by atoms with van der Waals surface area (Å²) in [5.41, 5.74) is 14.0. The van der Waals surface area contributed by atoms with Gasteiger partial charge in [-0.3, -0.25) is 0 Å². The first kappa shape index (κ1) is 23.5. The van der Waals surface area contributed by atoms with Crippen molar-refractivity contribution in [3.05, 3.63) is 138 Å². The maximum absolute atomic E-state index is 5.31. The van der Waals surface area contributed by atoms with Crippen molar-refractivity contribution in [1.82, 2.24) is 19.9 Å². The average Bonchev–Trinajstić information content (AvgIpc) is 3.84. The predicted molar refractivity (Wildman–Crippen MR) is 172 cm³/mol. The number of rotatable bonds is 3. The molecule has 1 aliphatic carbocycles. The SMILES string of the molecule is C1=CCC(c2c3nc(c(-c4ccccc4)c4ccc([nH]4)c(-c4ccccc4)c4ccc([nH]4)c4ccc2[nH]4)C=C3)C=C1. The lowest BCUT2D eigenvalue weighted by Crippen LogP contribution is -2.00. The van der Waals surface area contributed by atoms with Crippen LogP contribution < -0.4 is 0 Å². The van der Waals surface area contributed by atoms with E-state index in [0.29, 0.717) is 0 Å². The van der Waals surface area contributed by atoms with Gasteiger partial charge in [-0.2, -0.15) is 0 Å².